The molecule has 0 amide bonds. The third kappa shape index (κ3) is 3.54. The van der Waals surface area contributed by atoms with E-state index in [-0.39, 0.29) is 6.04 Å². The van der Waals surface area contributed by atoms with Crippen molar-refractivity contribution in [3.63, 3.8) is 0 Å². The molecule has 17 heavy (non-hydrogen) atoms. The van der Waals surface area contributed by atoms with Gasteiger partial charge in [0.05, 0.1) is 5.69 Å². The second kappa shape index (κ2) is 6.17. The minimum Gasteiger partial charge on any atom is -0.385 e. The minimum atomic E-state index is 0.173. The maximum absolute atomic E-state index is 6.24. The van der Waals surface area contributed by atoms with Crippen LogP contribution in [0.15, 0.2) is 0 Å². The molecule has 0 saturated heterocycles. The fourth-order valence-corrected chi connectivity index (χ4v) is 2.07. The van der Waals surface area contributed by atoms with Gasteiger partial charge in [-0.1, -0.05) is 6.92 Å². The number of rotatable bonds is 6. The van der Waals surface area contributed by atoms with Gasteiger partial charge in [-0.25, -0.2) is 0 Å². The molecule has 0 radical (unpaired) electrons. The summed E-state index contributed by atoms with van der Waals surface area (Å²) in [7, 11) is 3.71. The van der Waals surface area contributed by atoms with Crippen LogP contribution in [-0.2, 0) is 18.2 Å². The van der Waals surface area contributed by atoms with Gasteiger partial charge in [0, 0.05) is 32.5 Å². The Kier molecular flexibility index (Phi) is 5.15. The van der Waals surface area contributed by atoms with E-state index in [1.54, 1.807) is 7.11 Å². The number of nitrogens with two attached hydrogens (primary N) is 1. The molecule has 0 aliphatic rings. The van der Waals surface area contributed by atoms with Crippen LogP contribution >= 0.6 is 0 Å². The van der Waals surface area contributed by atoms with Gasteiger partial charge in [0.2, 0.25) is 0 Å². The van der Waals surface area contributed by atoms with E-state index in [2.05, 4.69) is 25.9 Å². The standard InChI is InChI=1S/C13H25N3O/c1-9(6-7-17-5)13(14)8-12-10(2)15-16(4)11(12)3/h9,13H,6-8,14H2,1-5H3. The lowest BCUT2D eigenvalue weighted by atomic mass is 9.93. The van der Waals surface area contributed by atoms with Gasteiger partial charge in [-0.3, -0.25) is 4.68 Å². The second-order valence-electron chi connectivity index (χ2n) is 4.90. The molecule has 1 aromatic heterocycles. The number of hydrogen-bond donors (Lipinski definition) is 1. The van der Waals surface area contributed by atoms with Gasteiger partial charge in [0.15, 0.2) is 0 Å². The van der Waals surface area contributed by atoms with Crippen molar-refractivity contribution in [2.75, 3.05) is 13.7 Å². The van der Waals surface area contributed by atoms with Crippen molar-refractivity contribution in [1.82, 2.24) is 9.78 Å². The number of ether oxygens (including phenoxy) is 1. The van der Waals surface area contributed by atoms with Crippen LogP contribution in [0.2, 0.25) is 0 Å². The van der Waals surface area contributed by atoms with E-state index < -0.39 is 0 Å². The highest BCUT2D eigenvalue weighted by Crippen LogP contribution is 2.17. The summed E-state index contributed by atoms with van der Waals surface area (Å²) in [6.07, 6.45) is 1.91. The molecule has 4 nitrogen and oxygen atoms in total. The molecule has 4 heteroatoms. The van der Waals surface area contributed by atoms with Crippen molar-refractivity contribution in [1.29, 1.82) is 0 Å². The van der Waals surface area contributed by atoms with Gasteiger partial charge >= 0.3 is 0 Å². The average Bonchev–Trinajstić information content (AvgIpc) is 2.52. The Bertz CT molecular complexity index is 360. The Labute approximate surface area is 104 Å². The third-order valence-electron chi connectivity index (χ3n) is 3.61. The summed E-state index contributed by atoms with van der Waals surface area (Å²) in [5.74, 6) is 0.467. The first kappa shape index (κ1) is 14.2. The van der Waals surface area contributed by atoms with Crippen LogP contribution in [0.3, 0.4) is 0 Å². The van der Waals surface area contributed by atoms with Crippen LogP contribution in [0.4, 0.5) is 0 Å². The Morgan fingerprint density at radius 2 is 2.06 bits per heavy atom. The smallest absolute Gasteiger partial charge is 0.0628 e. The van der Waals surface area contributed by atoms with Crippen LogP contribution in [0.1, 0.15) is 30.3 Å². The van der Waals surface area contributed by atoms with Crippen LogP contribution < -0.4 is 5.73 Å². The van der Waals surface area contributed by atoms with Crippen LogP contribution in [0.25, 0.3) is 0 Å². The molecule has 2 atom stereocenters. The lowest BCUT2D eigenvalue weighted by Crippen LogP contribution is -2.31. The molecule has 1 rings (SSSR count). The SMILES string of the molecule is COCCC(C)C(N)Cc1c(C)nn(C)c1C. The zero-order valence-corrected chi connectivity index (χ0v) is 11.7. The van der Waals surface area contributed by atoms with E-state index in [0.717, 1.165) is 25.1 Å². The maximum atomic E-state index is 6.24. The van der Waals surface area contributed by atoms with E-state index >= 15 is 0 Å². The minimum absolute atomic E-state index is 0.173. The van der Waals surface area contributed by atoms with Gasteiger partial charge in [0.25, 0.3) is 0 Å². The fraction of sp³-hybridized carbons (Fsp3) is 0.769. The lowest BCUT2D eigenvalue weighted by Gasteiger charge is -2.19. The van der Waals surface area contributed by atoms with Crippen molar-refractivity contribution in [3.05, 3.63) is 17.0 Å². The first-order valence-electron chi connectivity index (χ1n) is 6.21. The molecule has 0 aliphatic carbocycles. The van der Waals surface area contributed by atoms with Crippen molar-refractivity contribution >= 4 is 0 Å². The van der Waals surface area contributed by atoms with Gasteiger partial charge in [-0.15, -0.1) is 0 Å². The van der Waals surface area contributed by atoms with Crippen LogP contribution in [-0.4, -0.2) is 29.5 Å². The Hall–Kier alpha value is -0.870. The van der Waals surface area contributed by atoms with E-state index in [4.69, 9.17) is 10.5 Å². The van der Waals surface area contributed by atoms with Crippen molar-refractivity contribution < 1.29 is 4.74 Å². The summed E-state index contributed by atoms with van der Waals surface area (Å²) in [5, 5.41) is 4.42. The number of nitrogens with zero attached hydrogens (tertiary/aromatic N) is 2. The molecule has 98 valence electrons. The molecule has 0 fully saturated rings. The van der Waals surface area contributed by atoms with Crippen LogP contribution in [0, 0.1) is 19.8 Å². The zero-order chi connectivity index (χ0) is 13.0. The quantitative estimate of drug-likeness (QED) is 0.820. The topological polar surface area (TPSA) is 53.1 Å². The second-order valence-corrected chi connectivity index (χ2v) is 4.90. The third-order valence-corrected chi connectivity index (χ3v) is 3.61. The van der Waals surface area contributed by atoms with Gasteiger partial charge in [-0.2, -0.15) is 5.10 Å². The highest BCUT2D eigenvalue weighted by Gasteiger charge is 2.17. The predicted molar refractivity (Wildman–Crippen MR) is 70.0 cm³/mol. The molecule has 1 heterocycles. The zero-order valence-electron chi connectivity index (χ0n) is 11.7. The molecule has 2 N–H and O–H groups in total. The molecule has 0 spiro atoms. The molecule has 1 aromatic rings. The first-order valence-corrected chi connectivity index (χ1v) is 6.21. The van der Waals surface area contributed by atoms with E-state index in [1.807, 2.05) is 11.7 Å². The predicted octanol–water partition coefficient (Wildman–Crippen LogP) is 1.58. The molecule has 2 unspecified atom stereocenters. The summed E-state index contributed by atoms with van der Waals surface area (Å²) in [6, 6.07) is 0.173. The number of hydrogen-bond acceptors (Lipinski definition) is 3. The van der Waals surface area contributed by atoms with E-state index in [9.17, 15) is 0 Å². The molecule has 0 aliphatic heterocycles. The summed E-state index contributed by atoms with van der Waals surface area (Å²) in [6.45, 7) is 7.11. The monoisotopic (exact) mass is 239 g/mol. The number of aryl methyl sites for hydroxylation is 2. The van der Waals surface area contributed by atoms with E-state index in [1.165, 1.54) is 11.3 Å². The molecule has 0 aromatic carbocycles. The summed E-state index contributed by atoms with van der Waals surface area (Å²) >= 11 is 0. The fourth-order valence-electron chi connectivity index (χ4n) is 2.07. The molecule has 0 saturated carbocycles. The molecular weight excluding hydrogens is 214 g/mol. The average molecular weight is 239 g/mol. The van der Waals surface area contributed by atoms with Crippen molar-refractivity contribution in [2.45, 2.75) is 39.7 Å². The summed E-state index contributed by atoms with van der Waals surface area (Å²) in [4.78, 5) is 0. The molecular formula is C13H25N3O. The van der Waals surface area contributed by atoms with Crippen molar-refractivity contribution in [3.8, 4) is 0 Å². The summed E-state index contributed by atoms with van der Waals surface area (Å²) < 4.78 is 7.02. The van der Waals surface area contributed by atoms with Crippen LogP contribution in [0.5, 0.6) is 0 Å². The normalized spacial score (nSPS) is 14.9. The Morgan fingerprint density at radius 3 is 2.53 bits per heavy atom. The largest absolute Gasteiger partial charge is 0.385 e. The Morgan fingerprint density at radius 1 is 1.41 bits per heavy atom. The maximum Gasteiger partial charge on any atom is 0.0628 e. The molecule has 0 bridgehead atoms. The number of aromatic nitrogens is 2. The lowest BCUT2D eigenvalue weighted by molar-refractivity contribution is 0.174. The first-order chi connectivity index (χ1) is 7.97. The summed E-state index contributed by atoms with van der Waals surface area (Å²) in [5.41, 5.74) is 9.86. The van der Waals surface area contributed by atoms with Crippen molar-refractivity contribution in [2.24, 2.45) is 18.7 Å². The van der Waals surface area contributed by atoms with E-state index in [0.29, 0.717) is 5.92 Å². The number of methoxy groups -OCH3 is 1. The van der Waals surface area contributed by atoms with Gasteiger partial charge in [0.1, 0.15) is 0 Å². The van der Waals surface area contributed by atoms with Gasteiger partial charge < -0.3 is 10.5 Å². The highest BCUT2D eigenvalue weighted by atomic mass is 16.5. The Balaban J connectivity index is 2.64. The van der Waals surface area contributed by atoms with Gasteiger partial charge in [-0.05, 0) is 38.2 Å². The highest BCUT2D eigenvalue weighted by molar-refractivity contribution is 5.25.